The minimum absolute atomic E-state index is 0.145. The first-order valence-electron chi connectivity index (χ1n) is 29.9. The van der Waals surface area contributed by atoms with Gasteiger partial charge in [0.2, 0.25) is 0 Å². The van der Waals surface area contributed by atoms with E-state index < -0.39 is 24.3 Å². The van der Waals surface area contributed by atoms with E-state index in [-0.39, 0.29) is 38.6 Å². The molecule has 0 amide bonds. The molecule has 72 heavy (non-hydrogen) atoms. The van der Waals surface area contributed by atoms with E-state index in [0.29, 0.717) is 17.4 Å². The Morgan fingerprint density at radius 2 is 0.750 bits per heavy atom. The molecule has 0 radical (unpaired) electrons. The molecule has 0 aromatic heterocycles. The van der Waals surface area contributed by atoms with Gasteiger partial charge in [-0.25, -0.2) is 0 Å². The van der Waals surface area contributed by atoms with Crippen LogP contribution in [0.4, 0.5) is 0 Å². The van der Waals surface area contributed by atoms with Crippen molar-refractivity contribution < 1.29 is 42.9 Å². The van der Waals surface area contributed by atoms with Crippen molar-refractivity contribution in [2.24, 2.45) is 0 Å². The Bertz CT molecular complexity index is 1360. The summed E-state index contributed by atoms with van der Waals surface area (Å²) in [5.74, 6) is -2.29. The standard InChI is InChI=1S/C63H113NO8/c1-6-8-10-12-14-16-18-20-22-24-26-27-28-29-30-31-32-33-34-35-36-38-40-42-44-46-48-50-52-54-61(66)72-59(58-71-63(62(67)68)69-56-55-64(3,4)5)57-70-60(65)53-51-49-47-45-43-41-39-37-25-23-21-19-17-15-13-11-9-7-2/h17-20,23-26,28-29,59,63H,6-16,21-22,27,30-58H2,1-5H3/b19-17-,20-18-,25-23-,26-24-,29-28-. The van der Waals surface area contributed by atoms with Gasteiger partial charge in [-0.05, 0) is 83.5 Å². The molecule has 418 valence electrons. The highest BCUT2D eigenvalue weighted by molar-refractivity contribution is 5.70. The first kappa shape index (κ1) is 69.0. The number of unbranched alkanes of at least 4 members (excludes halogenated alkanes) is 30. The Hall–Kier alpha value is -3.01. The predicted octanol–water partition coefficient (Wildman–Crippen LogP) is 16.3. The third kappa shape index (κ3) is 54.8. The van der Waals surface area contributed by atoms with E-state index in [4.69, 9.17) is 18.9 Å². The van der Waals surface area contributed by atoms with Crippen molar-refractivity contribution in [2.75, 3.05) is 47.5 Å². The summed E-state index contributed by atoms with van der Waals surface area (Å²) in [5, 5.41) is 11.8. The molecule has 2 atom stereocenters. The molecule has 0 heterocycles. The number of esters is 2. The second kappa shape index (κ2) is 54.3. The second-order valence-electron chi connectivity index (χ2n) is 21.3. The molecule has 0 rings (SSSR count). The lowest BCUT2D eigenvalue weighted by Gasteiger charge is -2.26. The van der Waals surface area contributed by atoms with Crippen molar-refractivity contribution in [3.8, 4) is 0 Å². The lowest BCUT2D eigenvalue weighted by Crippen LogP contribution is -2.44. The number of hydrogen-bond acceptors (Lipinski definition) is 8. The molecular formula is C63H113NO8. The minimum atomic E-state index is -1.62. The molecule has 0 aromatic rings. The summed E-state index contributed by atoms with van der Waals surface area (Å²) in [6.45, 7) is 4.73. The number of carbonyl (C=O) groups is 3. The summed E-state index contributed by atoms with van der Waals surface area (Å²) in [6.07, 6.45) is 65.5. The van der Waals surface area contributed by atoms with Crippen molar-refractivity contribution in [2.45, 2.75) is 277 Å². The van der Waals surface area contributed by atoms with Gasteiger partial charge in [0.25, 0.3) is 0 Å². The Labute approximate surface area is 444 Å². The van der Waals surface area contributed by atoms with Crippen LogP contribution < -0.4 is 5.11 Å². The zero-order valence-electron chi connectivity index (χ0n) is 47.5. The lowest BCUT2D eigenvalue weighted by molar-refractivity contribution is -0.870. The average Bonchev–Trinajstić information content (AvgIpc) is 3.35. The molecule has 0 saturated carbocycles. The van der Waals surface area contributed by atoms with E-state index >= 15 is 0 Å². The summed E-state index contributed by atoms with van der Waals surface area (Å²) < 4.78 is 22.7. The van der Waals surface area contributed by atoms with Gasteiger partial charge in [-0.1, -0.05) is 229 Å². The summed E-state index contributed by atoms with van der Waals surface area (Å²) in [4.78, 5) is 37.3. The maximum Gasteiger partial charge on any atom is 0.306 e. The molecule has 9 nitrogen and oxygen atoms in total. The van der Waals surface area contributed by atoms with Crippen molar-refractivity contribution >= 4 is 17.9 Å². The van der Waals surface area contributed by atoms with Crippen LogP contribution in [0.2, 0.25) is 0 Å². The molecule has 2 unspecified atom stereocenters. The van der Waals surface area contributed by atoms with E-state index in [1.807, 2.05) is 21.1 Å². The fourth-order valence-corrected chi connectivity index (χ4v) is 8.34. The van der Waals surface area contributed by atoms with Crippen molar-refractivity contribution in [1.29, 1.82) is 0 Å². The van der Waals surface area contributed by atoms with Crippen LogP contribution >= 0.6 is 0 Å². The average molecular weight is 1010 g/mol. The number of nitrogens with zero attached hydrogens (tertiary/aromatic N) is 1. The lowest BCUT2D eigenvalue weighted by atomic mass is 10.0. The van der Waals surface area contributed by atoms with Crippen LogP contribution in [0.1, 0.15) is 264 Å². The van der Waals surface area contributed by atoms with Gasteiger partial charge < -0.3 is 33.3 Å². The van der Waals surface area contributed by atoms with Crippen LogP contribution in [0, 0.1) is 0 Å². The molecule has 0 fully saturated rings. The third-order valence-electron chi connectivity index (χ3n) is 13.0. The van der Waals surface area contributed by atoms with Gasteiger partial charge in [-0.15, -0.1) is 0 Å². The van der Waals surface area contributed by atoms with Gasteiger partial charge >= 0.3 is 11.9 Å². The molecule has 0 aromatic carbocycles. The molecule has 0 saturated heterocycles. The minimum Gasteiger partial charge on any atom is -0.545 e. The quantitative estimate of drug-likeness (QED) is 0.0195. The molecule has 0 N–H and O–H groups in total. The number of carboxylic acid groups (broad SMARTS) is 1. The molecular weight excluding hydrogens is 899 g/mol. The van der Waals surface area contributed by atoms with E-state index in [1.165, 1.54) is 161 Å². The molecule has 0 bridgehead atoms. The normalized spacial score (nSPS) is 13.2. The largest absolute Gasteiger partial charge is 0.545 e. The van der Waals surface area contributed by atoms with Crippen LogP contribution in [0.5, 0.6) is 0 Å². The van der Waals surface area contributed by atoms with Crippen LogP contribution in [-0.2, 0) is 33.3 Å². The van der Waals surface area contributed by atoms with Gasteiger partial charge in [-0.3, -0.25) is 9.59 Å². The van der Waals surface area contributed by atoms with Crippen molar-refractivity contribution in [3.63, 3.8) is 0 Å². The number of carbonyl (C=O) groups excluding carboxylic acids is 3. The fraction of sp³-hybridized carbons (Fsp3) is 0.794. The Balaban J connectivity index is 4.20. The van der Waals surface area contributed by atoms with Gasteiger partial charge in [-0.2, -0.15) is 0 Å². The Morgan fingerprint density at radius 3 is 1.12 bits per heavy atom. The first-order chi connectivity index (χ1) is 35.1. The fourth-order valence-electron chi connectivity index (χ4n) is 8.34. The summed E-state index contributed by atoms with van der Waals surface area (Å²) in [5.41, 5.74) is 0. The zero-order chi connectivity index (χ0) is 52.7. The van der Waals surface area contributed by atoms with Gasteiger partial charge in [0.05, 0.1) is 40.3 Å². The highest BCUT2D eigenvalue weighted by Crippen LogP contribution is 2.16. The van der Waals surface area contributed by atoms with E-state index in [1.54, 1.807) is 0 Å². The van der Waals surface area contributed by atoms with E-state index in [2.05, 4.69) is 74.6 Å². The number of rotatable bonds is 55. The number of ether oxygens (including phenoxy) is 4. The van der Waals surface area contributed by atoms with Gasteiger partial charge in [0.15, 0.2) is 12.4 Å². The number of quaternary nitrogens is 1. The van der Waals surface area contributed by atoms with E-state index in [0.717, 1.165) is 70.6 Å². The predicted molar refractivity (Wildman–Crippen MR) is 302 cm³/mol. The highest BCUT2D eigenvalue weighted by atomic mass is 16.7. The molecule has 0 aliphatic carbocycles. The summed E-state index contributed by atoms with van der Waals surface area (Å²) in [6, 6.07) is 0. The van der Waals surface area contributed by atoms with Gasteiger partial charge in [0, 0.05) is 12.8 Å². The molecule has 0 aliphatic rings. The number of hydrogen-bond donors (Lipinski definition) is 0. The summed E-state index contributed by atoms with van der Waals surface area (Å²) >= 11 is 0. The highest BCUT2D eigenvalue weighted by Gasteiger charge is 2.22. The molecule has 0 aliphatic heterocycles. The maximum atomic E-state index is 12.9. The molecule has 0 spiro atoms. The second-order valence-corrected chi connectivity index (χ2v) is 21.3. The number of aliphatic carboxylic acids is 1. The summed E-state index contributed by atoms with van der Waals surface area (Å²) in [7, 11) is 5.92. The number of allylic oxidation sites excluding steroid dienone is 10. The topological polar surface area (TPSA) is 111 Å². The maximum absolute atomic E-state index is 12.9. The third-order valence-corrected chi connectivity index (χ3v) is 13.0. The van der Waals surface area contributed by atoms with Crippen LogP contribution in [-0.4, -0.2) is 82.3 Å². The van der Waals surface area contributed by atoms with Crippen molar-refractivity contribution in [3.05, 3.63) is 60.8 Å². The number of likely N-dealkylation sites (N-methyl/N-ethyl adjacent to an activating group) is 1. The van der Waals surface area contributed by atoms with Crippen LogP contribution in [0.25, 0.3) is 0 Å². The Kier molecular flexibility index (Phi) is 52.0. The van der Waals surface area contributed by atoms with E-state index in [9.17, 15) is 19.5 Å². The zero-order valence-corrected chi connectivity index (χ0v) is 47.5. The van der Waals surface area contributed by atoms with Crippen LogP contribution in [0.3, 0.4) is 0 Å². The smallest absolute Gasteiger partial charge is 0.306 e. The van der Waals surface area contributed by atoms with Crippen molar-refractivity contribution in [1.82, 2.24) is 0 Å². The SMILES string of the molecule is CCCCCC/C=C\C/C=C\CCCCCCCCCC(=O)OCC(COC(OCC[N+](C)(C)C)C(=O)[O-])OC(=O)CCCCCCCCCCCCCCCC/C=C\C/C=C\C/C=C\CCCCCCC. The van der Waals surface area contributed by atoms with Gasteiger partial charge in [0.1, 0.15) is 13.2 Å². The monoisotopic (exact) mass is 1010 g/mol. The number of carboxylic acids is 1. The molecule has 9 heteroatoms. The Morgan fingerprint density at radius 1 is 0.417 bits per heavy atom. The van der Waals surface area contributed by atoms with Crippen LogP contribution in [0.15, 0.2) is 60.8 Å². The first-order valence-corrected chi connectivity index (χ1v) is 29.9.